The summed E-state index contributed by atoms with van der Waals surface area (Å²) in [6.45, 7) is 1.07. The normalized spacial score (nSPS) is 17.1. The van der Waals surface area contributed by atoms with E-state index < -0.39 is 61.7 Å². The van der Waals surface area contributed by atoms with E-state index in [4.69, 9.17) is 0 Å². The Hall–Kier alpha value is -2.64. The van der Waals surface area contributed by atoms with Crippen LogP contribution in [0, 0.1) is 17.5 Å². The first kappa shape index (κ1) is 25.0. The maximum atomic E-state index is 13.8. The third kappa shape index (κ3) is 5.14. The van der Waals surface area contributed by atoms with Crippen molar-refractivity contribution >= 4 is 21.6 Å². The van der Waals surface area contributed by atoms with Crippen LogP contribution in [0.15, 0.2) is 41.3 Å². The molecule has 33 heavy (non-hydrogen) atoms. The molecule has 1 aliphatic rings. The van der Waals surface area contributed by atoms with Gasteiger partial charge in [0.15, 0.2) is 17.5 Å². The fourth-order valence-corrected chi connectivity index (χ4v) is 5.06. The van der Waals surface area contributed by atoms with Crippen LogP contribution in [0.4, 0.5) is 32.0 Å². The smallest absolute Gasteiger partial charge is 0.322 e. The van der Waals surface area contributed by atoms with E-state index >= 15 is 0 Å². The Morgan fingerprint density at radius 3 is 2.18 bits per heavy atom. The predicted octanol–water partition coefficient (Wildman–Crippen LogP) is 3.46. The summed E-state index contributed by atoms with van der Waals surface area (Å²) >= 11 is 0. The van der Waals surface area contributed by atoms with Gasteiger partial charge in [0.25, 0.3) is 0 Å². The van der Waals surface area contributed by atoms with Gasteiger partial charge in [-0.25, -0.2) is 21.6 Å². The van der Waals surface area contributed by atoms with Crippen molar-refractivity contribution in [3.63, 3.8) is 0 Å². The molecule has 0 saturated carbocycles. The second-order valence-electron chi connectivity index (χ2n) is 7.32. The molecule has 2 aromatic carbocycles. The van der Waals surface area contributed by atoms with Gasteiger partial charge in [-0.2, -0.15) is 17.5 Å². The molecule has 0 aliphatic carbocycles. The van der Waals surface area contributed by atoms with E-state index in [1.54, 1.807) is 0 Å². The van der Waals surface area contributed by atoms with E-state index in [1.807, 2.05) is 0 Å². The van der Waals surface area contributed by atoms with Crippen LogP contribution in [0.3, 0.4) is 0 Å². The minimum atomic E-state index is -4.85. The van der Waals surface area contributed by atoms with Crippen LogP contribution in [0.2, 0.25) is 0 Å². The third-order valence-corrected chi connectivity index (χ3v) is 7.26. The van der Waals surface area contributed by atoms with Crippen molar-refractivity contribution in [3.8, 4) is 0 Å². The van der Waals surface area contributed by atoms with E-state index in [9.17, 15) is 39.6 Å². The van der Waals surface area contributed by atoms with Gasteiger partial charge in [-0.15, -0.1) is 0 Å². The number of carbonyl (C=O) groups excluding carboxylic acids is 1. The fourth-order valence-electron chi connectivity index (χ4n) is 3.42. The van der Waals surface area contributed by atoms with Gasteiger partial charge >= 0.3 is 6.18 Å². The van der Waals surface area contributed by atoms with Gasteiger partial charge in [0.05, 0.1) is 22.2 Å². The van der Waals surface area contributed by atoms with Gasteiger partial charge in [0, 0.05) is 26.2 Å². The van der Waals surface area contributed by atoms with Crippen molar-refractivity contribution in [2.24, 2.45) is 0 Å². The molecule has 1 aliphatic heterocycles. The topological polar surface area (TPSA) is 69.7 Å². The predicted molar refractivity (Wildman–Crippen MR) is 106 cm³/mol. The molecule has 0 spiro atoms. The number of anilines is 1. The van der Waals surface area contributed by atoms with E-state index in [2.05, 4.69) is 5.32 Å². The number of carbonyl (C=O) groups is 1. The molecule has 3 rings (SSSR count). The molecule has 1 amide bonds. The number of hydrogen-bond acceptors (Lipinski definition) is 4. The first-order chi connectivity index (χ1) is 15.3. The van der Waals surface area contributed by atoms with Gasteiger partial charge in [0.1, 0.15) is 0 Å². The van der Waals surface area contributed by atoms with Crippen LogP contribution in [-0.2, 0) is 21.0 Å². The number of amides is 1. The summed E-state index contributed by atoms with van der Waals surface area (Å²) < 4.78 is 106. The van der Waals surface area contributed by atoms with Gasteiger partial charge in [-0.3, -0.25) is 9.69 Å². The molecule has 6 nitrogen and oxygen atoms in total. The summed E-state index contributed by atoms with van der Waals surface area (Å²) in [4.78, 5) is 13.1. The van der Waals surface area contributed by atoms with Crippen LogP contribution in [-0.4, -0.2) is 55.8 Å². The largest absolute Gasteiger partial charge is 0.417 e. The highest BCUT2D eigenvalue weighted by atomic mass is 32.2. The van der Waals surface area contributed by atoms with Crippen LogP contribution in [0.25, 0.3) is 0 Å². The summed E-state index contributed by atoms with van der Waals surface area (Å²) in [5.74, 6) is -5.46. The monoisotopic (exact) mass is 495 g/mol. The summed E-state index contributed by atoms with van der Waals surface area (Å²) in [5, 5.41) is 2.15. The number of sulfonamides is 1. The molecule has 0 aromatic heterocycles. The summed E-state index contributed by atoms with van der Waals surface area (Å²) in [6, 6.07) is 4.47. The second kappa shape index (κ2) is 9.31. The van der Waals surface area contributed by atoms with Gasteiger partial charge in [0.2, 0.25) is 15.9 Å². The Bertz CT molecular complexity index is 1150. The zero-order chi connectivity index (χ0) is 24.6. The van der Waals surface area contributed by atoms with Gasteiger partial charge < -0.3 is 5.32 Å². The lowest BCUT2D eigenvalue weighted by Gasteiger charge is -2.37. The molecule has 13 heteroatoms. The Morgan fingerprint density at radius 1 is 0.970 bits per heavy atom. The molecule has 1 fully saturated rings. The quantitative estimate of drug-likeness (QED) is 0.510. The molecular weight excluding hydrogens is 476 g/mol. The molecule has 1 atom stereocenters. The average molecular weight is 495 g/mol. The Labute approximate surface area is 185 Å². The van der Waals surface area contributed by atoms with E-state index in [0.717, 1.165) is 22.5 Å². The summed E-state index contributed by atoms with van der Waals surface area (Å²) in [5.41, 5.74) is -1.83. The fraction of sp³-hybridized carbons (Fsp3) is 0.350. The van der Waals surface area contributed by atoms with Crippen molar-refractivity contribution in [2.75, 3.05) is 31.5 Å². The third-order valence-electron chi connectivity index (χ3n) is 5.30. The zero-order valence-electron chi connectivity index (χ0n) is 17.2. The number of halogens is 6. The highest BCUT2D eigenvalue weighted by molar-refractivity contribution is 7.89. The number of hydrogen-bond donors (Lipinski definition) is 1. The molecular formula is C20H19F6N3O3S. The first-order valence-corrected chi connectivity index (χ1v) is 11.1. The summed E-state index contributed by atoms with van der Waals surface area (Å²) in [7, 11) is -4.45. The Morgan fingerprint density at radius 2 is 1.58 bits per heavy atom. The first-order valence-electron chi connectivity index (χ1n) is 9.69. The number of alkyl halides is 3. The molecule has 2 aromatic rings. The Balaban J connectivity index is 1.68. The maximum absolute atomic E-state index is 13.8. The number of piperazine rings is 1. The molecule has 1 N–H and O–H groups in total. The zero-order valence-corrected chi connectivity index (χ0v) is 18.0. The number of nitrogens with zero attached hydrogens (tertiary/aromatic N) is 2. The van der Waals surface area contributed by atoms with Crippen LogP contribution in [0.1, 0.15) is 12.5 Å². The summed E-state index contributed by atoms with van der Waals surface area (Å²) in [6.07, 6.45) is -4.85. The van der Waals surface area contributed by atoms with Crippen molar-refractivity contribution in [3.05, 3.63) is 59.4 Å². The van der Waals surface area contributed by atoms with E-state index in [0.29, 0.717) is 12.1 Å². The molecule has 0 unspecified atom stereocenters. The highest BCUT2D eigenvalue weighted by Crippen LogP contribution is 2.35. The van der Waals surface area contributed by atoms with E-state index in [-0.39, 0.29) is 26.2 Å². The van der Waals surface area contributed by atoms with Crippen molar-refractivity contribution in [1.82, 2.24) is 9.21 Å². The van der Waals surface area contributed by atoms with E-state index in [1.165, 1.54) is 17.9 Å². The standard InChI is InChI=1S/C20H19F6N3O3S/c1-12(19(30)27-15-7-6-14(21)17(22)18(15)23)28-8-10-29(11-9-28)33(31,32)16-5-3-2-4-13(16)20(24,25)26/h2-7,12H,8-11H2,1H3,(H,27,30)/t12-/m0/s1. The van der Waals surface area contributed by atoms with Gasteiger partial charge in [-0.05, 0) is 31.2 Å². The number of rotatable bonds is 5. The average Bonchev–Trinajstić information content (AvgIpc) is 2.78. The highest BCUT2D eigenvalue weighted by Gasteiger charge is 2.40. The van der Waals surface area contributed by atoms with Crippen LogP contribution in [0.5, 0.6) is 0 Å². The van der Waals surface area contributed by atoms with Crippen molar-refractivity contribution in [1.29, 1.82) is 0 Å². The SMILES string of the molecule is C[C@@H](C(=O)Nc1ccc(F)c(F)c1F)N1CCN(S(=O)(=O)c2ccccc2C(F)(F)F)CC1. The minimum absolute atomic E-state index is 0.00224. The maximum Gasteiger partial charge on any atom is 0.417 e. The molecule has 1 saturated heterocycles. The minimum Gasteiger partial charge on any atom is -0.322 e. The van der Waals surface area contributed by atoms with Crippen molar-refractivity contribution < 1.29 is 39.6 Å². The molecule has 1 heterocycles. The number of benzene rings is 2. The molecule has 180 valence electrons. The lowest BCUT2D eigenvalue weighted by molar-refractivity contribution is -0.140. The lowest BCUT2D eigenvalue weighted by atomic mass is 10.2. The lowest BCUT2D eigenvalue weighted by Crippen LogP contribution is -2.54. The molecule has 0 radical (unpaired) electrons. The van der Waals surface area contributed by atoms with Gasteiger partial charge in [-0.1, -0.05) is 12.1 Å². The molecule has 0 bridgehead atoms. The second-order valence-corrected chi connectivity index (χ2v) is 9.23. The van der Waals surface area contributed by atoms with Crippen LogP contribution >= 0.6 is 0 Å². The van der Waals surface area contributed by atoms with Crippen molar-refractivity contribution in [2.45, 2.75) is 24.0 Å². The Kier molecular flexibility index (Phi) is 7.05. The number of nitrogens with one attached hydrogen (secondary N) is 1. The van der Waals surface area contributed by atoms with Crippen LogP contribution < -0.4 is 5.32 Å².